The molecule has 2 aromatic rings. The summed E-state index contributed by atoms with van der Waals surface area (Å²) in [5.41, 5.74) is 0.165. The van der Waals surface area contributed by atoms with Gasteiger partial charge < -0.3 is 0 Å². The second-order valence-corrected chi connectivity index (χ2v) is 13.4. The van der Waals surface area contributed by atoms with Crippen molar-refractivity contribution in [3.05, 3.63) is 79.2 Å². The Labute approximate surface area is 259 Å². The van der Waals surface area contributed by atoms with E-state index in [9.17, 15) is 19.2 Å². The summed E-state index contributed by atoms with van der Waals surface area (Å²) in [4.78, 5) is 50.6. The number of rotatable bonds is 5. The first kappa shape index (κ1) is 28.5. The van der Waals surface area contributed by atoms with Crippen LogP contribution in [0.5, 0.6) is 0 Å². The van der Waals surface area contributed by atoms with Crippen molar-refractivity contribution in [3.8, 4) is 0 Å². The second-order valence-electron chi connectivity index (χ2n) is 8.84. The van der Waals surface area contributed by atoms with E-state index in [4.69, 9.17) is 81.2 Å². The van der Waals surface area contributed by atoms with E-state index in [-0.39, 0.29) is 26.2 Å². The lowest BCUT2D eigenvalue weighted by atomic mass is 9.84. The lowest BCUT2D eigenvalue weighted by molar-refractivity contribution is -0.154. The minimum Gasteiger partial charge on any atom is -0.292 e. The number of carbonyl (C=O) groups is 4. The molecule has 0 spiro atoms. The molecule has 1 saturated heterocycles. The summed E-state index contributed by atoms with van der Waals surface area (Å²) in [6.45, 7) is -0.699. The number of nitrogens with zero attached hydrogens (tertiary/aromatic N) is 2. The summed E-state index contributed by atoms with van der Waals surface area (Å²) in [6, 6.07) is 12.3. The topological polar surface area (TPSA) is 74.8 Å². The molecule has 1 saturated carbocycles. The van der Waals surface area contributed by atoms with Gasteiger partial charge in [0.05, 0.1) is 32.5 Å². The summed E-state index contributed by atoms with van der Waals surface area (Å²) < 4.78 is -1.42. The number of hydrogen-bond acceptors (Lipinski definition) is 4. The SMILES string of the molecule is O=C(CN(C(=O)c1ccccc1Cl)N1C(=O)[C@@H]2[C@H](C1=O)[C@@]1(Cl)C(Cl)=C(Cl)[C@@]2(Cl)C1(Cl)Cl)c1ccc(Br)cc1. The van der Waals surface area contributed by atoms with E-state index in [2.05, 4.69) is 15.9 Å². The highest BCUT2D eigenvalue weighted by atomic mass is 79.9. The average molecular weight is 720 g/mol. The van der Waals surface area contributed by atoms with Crippen molar-refractivity contribution in [1.29, 1.82) is 0 Å². The fourth-order valence-electron chi connectivity index (χ4n) is 5.09. The molecule has 2 bridgehead atoms. The third-order valence-electron chi connectivity index (χ3n) is 6.93. The predicted octanol–water partition coefficient (Wildman–Crippen LogP) is 6.79. The van der Waals surface area contributed by atoms with Crippen LogP contribution in [0.4, 0.5) is 0 Å². The van der Waals surface area contributed by atoms with Crippen LogP contribution in [0.25, 0.3) is 0 Å². The van der Waals surface area contributed by atoms with Crippen LogP contribution < -0.4 is 0 Å². The number of halogens is 8. The molecule has 6 nitrogen and oxygen atoms in total. The zero-order valence-electron chi connectivity index (χ0n) is 18.5. The zero-order valence-corrected chi connectivity index (χ0v) is 25.4. The van der Waals surface area contributed by atoms with E-state index < -0.39 is 56.0 Å². The van der Waals surface area contributed by atoms with Crippen LogP contribution in [0.1, 0.15) is 20.7 Å². The van der Waals surface area contributed by atoms with E-state index in [1.54, 1.807) is 18.2 Å². The molecule has 4 atom stereocenters. The summed E-state index contributed by atoms with van der Waals surface area (Å²) in [6.07, 6.45) is 0. The van der Waals surface area contributed by atoms with Gasteiger partial charge in [-0.3, -0.25) is 19.2 Å². The van der Waals surface area contributed by atoms with Crippen LogP contribution in [0.15, 0.2) is 63.1 Å². The highest BCUT2D eigenvalue weighted by Gasteiger charge is 2.88. The molecule has 198 valence electrons. The second kappa shape index (κ2) is 9.52. The van der Waals surface area contributed by atoms with Crippen LogP contribution in [0, 0.1) is 11.8 Å². The number of carbonyl (C=O) groups excluding carboxylic acids is 4. The first-order valence-electron chi connectivity index (χ1n) is 10.8. The number of imide groups is 1. The zero-order chi connectivity index (χ0) is 27.9. The molecular formula is C24H12BrCl7N2O4. The Morgan fingerprint density at radius 1 is 0.842 bits per heavy atom. The maximum atomic E-state index is 13.9. The number of benzene rings is 2. The van der Waals surface area contributed by atoms with E-state index in [1.807, 2.05) is 0 Å². The molecule has 0 radical (unpaired) electrons. The van der Waals surface area contributed by atoms with Gasteiger partial charge in [0.2, 0.25) is 0 Å². The van der Waals surface area contributed by atoms with Crippen LogP contribution in [0.3, 0.4) is 0 Å². The summed E-state index contributed by atoms with van der Waals surface area (Å²) >= 11 is 48.9. The van der Waals surface area contributed by atoms with E-state index in [1.165, 1.54) is 30.3 Å². The standard InChI is InChI=1S/C24H12BrCl7N2O4/c25-11-7-5-10(6-8-11)14(35)9-33(19(36)12-3-1-2-4-13(12)26)34-20(37)15-16(21(34)38)23(30)18(28)17(27)22(15,29)24(23,31)32/h1-8,15-16H,9H2/t15-,16+,22-,23-/m1/s1. The number of hydrazine groups is 1. The highest BCUT2D eigenvalue weighted by molar-refractivity contribution is 9.10. The normalized spacial score (nSPS) is 29.2. The summed E-state index contributed by atoms with van der Waals surface area (Å²) in [7, 11) is 0. The van der Waals surface area contributed by atoms with E-state index in [0.29, 0.717) is 10.0 Å². The smallest absolute Gasteiger partial charge is 0.274 e. The van der Waals surface area contributed by atoms with Crippen molar-refractivity contribution in [2.75, 3.05) is 6.54 Å². The Morgan fingerprint density at radius 2 is 1.34 bits per heavy atom. The molecule has 2 aromatic carbocycles. The van der Waals surface area contributed by atoms with Gasteiger partial charge in [0.1, 0.15) is 16.3 Å². The van der Waals surface area contributed by atoms with Crippen molar-refractivity contribution >= 4 is 121 Å². The quantitative estimate of drug-likeness (QED) is 0.194. The van der Waals surface area contributed by atoms with Gasteiger partial charge in [0.15, 0.2) is 10.1 Å². The Morgan fingerprint density at radius 3 is 1.84 bits per heavy atom. The maximum Gasteiger partial charge on any atom is 0.274 e. The van der Waals surface area contributed by atoms with Gasteiger partial charge in [0, 0.05) is 10.0 Å². The molecule has 2 aliphatic carbocycles. The highest BCUT2D eigenvalue weighted by Crippen LogP contribution is 2.77. The summed E-state index contributed by atoms with van der Waals surface area (Å²) in [5.74, 6) is -6.38. The molecule has 0 unspecified atom stereocenters. The average Bonchev–Trinajstić information content (AvgIpc) is 3.26. The van der Waals surface area contributed by atoms with Gasteiger partial charge in [-0.2, -0.15) is 5.01 Å². The first-order valence-corrected chi connectivity index (χ1v) is 14.2. The largest absolute Gasteiger partial charge is 0.292 e. The van der Waals surface area contributed by atoms with Crippen molar-refractivity contribution < 1.29 is 19.2 Å². The third-order valence-corrected chi connectivity index (χ3v) is 12.0. The van der Waals surface area contributed by atoms with Crippen LogP contribution in [0.2, 0.25) is 5.02 Å². The molecule has 14 heteroatoms. The molecule has 5 rings (SSSR count). The Hall–Kier alpha value is -1.03. The molecule has 0 aromatic heterocycles. The number of Topliss-reactive ketones (excluding diaryl/α,β-unsaturated/α-hetero) is 1. The molecule has 3 aliphatic rings. The van der Waals surface area contributed by atoms with Gasteiger partial charge >= 0.3 is 0 Å². The van der Waals surface area contributed by atoms with Crippen molar-refractivity contribution in [2.45, 2.75) is 14.1 Å². The number of ketones is 1. The van der Waals surface area contributed by atoms with Crippen LogP contribution in [-0.4, -0.2) is 54.1 Å². The Bertz CT molecular complexity index is 1420. The number of amides is 3. The lowest BCUT2D eigenvalue weighted by Gasteiger charge is -2.36. The third kappa shape index (κ3) is 3.59. The maximum absolute atomic E-state index is 13.9. The molecule has 1 heterocycles. The fraction of sp³-hybridized carbons (Fsp3) is 0.250. The molecular weight excluding hydrogens is 708 g/mol. The van der Waals surface area contributed by atoms with Gasteiger partial charge in [-0.25, -0.2) is 5.01 Å². The number of alkyl halides is 4. The minimum atomic E-state index is -2.14. The van der Waals surface area contributed by atoms with E-state index in [0.717, 1.165) is 4.47 Å². The number of hydrogen-bond donors (Lipinski definition) is 0. The molecule has 1 aliphatic heterocycles. The van der Waals surface area contributed by atoms with Crippen LogP contribution >= 0.6 is 97.1 Å². The molecule has 0 N–H and O–H groups in total. The number of fused-ring (bicyclic) bond motifs is 5. The molecule has 3 amide bonds. The predicted molar refractivity (Wildman–Crippen MR) is 150 cm³/mol. The van der Waals surface area contributed by atoms with Gasteiger partial charge in [-0.05, 0) is 24.3 Å². The van der Waals surface area contributed by atoms with Gasteiger partial charge in [-0.1, -0.05) is 98.2 Å². The monoisotopic (exact) mass is 716 g/mol. The summed E-state index contributed by atoms with van der Waals surface area (Å²) in [5, 5.41) is 0.726. The molecule has 2 fully saturated rings. The Kier molecular flexibility index (Phi) is 7.14. The minimum absolute atomic E-state index is 0.0360. The lowest BCUT2D eigenvalue weighted by Crippen LogP contribution is -2.56. The van der Waals surface area contributed by atoms with E-state index >= 15 is 0 Å². The van der Waals surface area contributed by atoms with Crippen molar-refractivity contribution in [2.24, 2.45) is 11.8 Å². The van der Waals surface area contributed by atoms with Gasteiger partial charge in [-0.15, -0.1) is 23.2 Å². The van der Waals surface area contributed by atoms with Crippen LogP contribution in [-0.2, 0) is 9.59 Å². The fourth-order valence-corrected chi connectivity index (χ4v) is 8.50. The van der Waals surface area contributed by atoms with Crippen molar-refractivity contribution in [3.63, 3.8) is 0 Å². The number of allylic oxidation sites excluding steroid dienone is 2. The van der Waals surface area contributed by atoms with Gasteiger partial charge in [0.25, 0.3) is 17.7 Å². The Balaban J connectivity index is 1.61. The molecule has 38 heavy (non-hydrogen) atoms. The first-order chi connectivity index (χ1) is 17.7. The van der Waals surface area contributed by atoms with Crippen molar-refractivity contribution in [1.82, 2.24) is 10.0 Å².